The first-order chi connectivity index (χ1) is 17.1. The number of hydrogen-bond donors (Lipinski definition) is 2. The number of urea groups is 1. The van der Waals surface area contributed by atoms with Crippen LogP contribution in [0.5, 0.6) is 0 Å². The minimum Gasteiger partial charge on any atom is -0.394 e. The molecule has 2 N–H and O–H groups in total. The molecule has 0 saturated heterocycles. The fraction of sp³-hybridized carbons (Fsp3) is 0.517. The van der Waals surface area contributed by atoms with Crippen LogP contribution in [0.4, 0.5) is 4.79 Å². The maximum absolute atomic E-state index is 13.8. The molecular weight excluding hydrogens is 454 g/mol. The summed E-state index contributed by atoms with van der Waals surface area (Å²) >= 11 is 0. The third-order valence-electron chi connectivity index (χ3n) is 7.25. The van der Waals surface area contributed by atoms with Crippen LogP contribution in [0, 0.1) is 11.8 Å². The number of fused-ring (bicyclic) bond motifs is 3. The average Bonchev–Trinajstić information content (AvgIpc) is 2.89. The molecule has 36 heavy (non-hydrogen) atoms. The highest BCUT2D eigenvalue weighted by atomic mass is 16.5. The van der Waals surface area contributed by atoms with E-state index in [0.29, 0.717) is 31.2 Å². The van der Waals surface area contributed by atoms with Crippen LogP contribution in [0.1, 0.15) is 50.5 Å². The van der Waals surface area contributed by atoms with E-state index in [1.165, 1.54) is 0 Å². The van der Waals surface area contributed by atoms with E-state index in [2.05, 4.69) is 19.2 Å². The van der Waals surface area contributed by atoms with Crippen LogP contribution in [0.3, 0.4) is 0 Å². The molecule has 7 heteroatoms. The van der Waals surface area contributed by atoms with Gasteiger partial charge in [0.25, 0.3) is 5.91 Å². The third kappa shape index (κ3) is 6.45. The van der Waals surface area contributed by atoms with E-state index >= 15 is 0 Å². The summed E-state index contributed by atoms with van der Waals surface area (Å²) in [4.78, 5) is 30.1. The zero-order valence-corrected chi connectivity index (χ0v) is 22.4. The van der Waals surface area contributed by atoms with Crippen molar-refractivity contribution in [1.82, 2.24) is 15.1 Å². The number of aliphatic hydroxyl groups is 1. The third-order valence-corrected chi connectivity index (χ3v) is 7.25. The molecule has 0 fully saturated rings. The fourth-order valence-corrected chi connectivity index (χ4v) is 4.38. The Morgan fingerprint density at radius 3 is 2.33 bits per heavy atom. The van der Waals surface area contributed by atoms with Gasteiger partial charge in [-0.25, -0.2) is 4.79 Å². The van der Waals surface area contributed by atoms with Gasteiger partial charge >= 0.3 is 6.03 Å². The number of ether oxygens (including phenoxy) is 1. The number of hydrogen-bond acceptors (Lipinski definition) is 4. The molecule has 2 aromatic rings. The Kier molecular flexibility index (Phi) is 9.51. The summed E-state index contributed by atoms with van der Waals surface area (Å²) in [7, 11) is 1.77. The van der Waals surface area contributed by atoms with Gasteiger partial charge in [0.1, 0.15) is 0 Å². The number of carbonyl (C=O) groups is 2. The molecular formula is C29H41N3O4. The fourth-order valence-electron chi connectivity index (χ4n) is 4.38. The van der Waals surface area contributed by atoms with Gasteiger partial charge < -0.3 is 25.0 Å². The second-order valence-corrected chi connectivity index (χ2v) is 10.4. The normalized spacial score (nSPS) is 20.1. The van der Waals surface area contributed by atoms with Crippen LogP contribution < -0.4 is 5.32 Å². The number of aliphatic hydroxyl groups excluding tert-OH is 1. The highest BCUT2D eigenvalue weighted by Gasteiger charge is 2.31. The second-order valence-electron chi connectivity index (χ2n) is 10.4. The van der Waals surface area contributed by atoms with E-state index in [0.717, 1.165) is 16.7 Å². The zero-order valence-electron chi connectivity index (χ0n) is 22.4. The van der Waals surface area contributed by atoms with Gasteiger partial charge in [0.05, 0.1) is 25.4 Å². The predicted octanol–water partition coefficient (Wildman–Crippen LogP) is 4.40. The Balaban J connectivity index is 1.97. The van der Waals surface area contributed by atoms with Crippen LogP contribution >= 0.6 is 0 Å². The molecule has 3 rings (SSSR count). The number of likely N-dealkylation sites (N-methyl/N-ethyl adjacent to an activating group) is 1. The quantitative estimate of drug-likeness (QED) is 0.623. The molecule has 0 aromatic heterocycles. The molecule has 0 aliphatic carbocycles. The summed E-state index contributed by atoms with van der Waals surface area (Å²) in [5, 5.41) is 13.0. The lowest BCUT2D eigenvalue weighted by Crippen LogP contribution is -2.50. The van der Waals surface area contributed by atoms with Gasteiger partial charge in [-0.2, -0.15) is 0 Å². The van der Waals surface area contributed by atoms with E-state index in [-0.39, 0.29) is 42.7 Å². The number of nitrogens with zero attached hydrogens (tertiary/aromatic N) is 2. The van der Waals surface area contributed by atoms with Crippen molar-refractivity contribution in [1.29, 1.82) is 0 Å². The molecule has 7 nitrogen and oxygen atoms in total. The van der Waals surface area contributed by atoms with Crippen LogP contribution in [-0.2, 0) is 11.3 Å². The highest BCUT2D eigenvalue weighted by Crippen LogP contribution is 2.31. The summed E-state index contributed by atoms with van der Waals surface area (Å²) in [6.07, 6.45) is -0.314. The van der Waals surface area contributed by atoms with Crippen LogP contribution in [0.25, 0.3) is 11.1 Å². The lowest BCUT2D eigenvalue weighted by molar-refractivity contribution is -0.0185. The molecule has 0 bridgehead atoms. The van der Waals surface area contributed by atoms with Crippen molar-refractivity contribution >= 4 is 11.9 Å². The topological polar surface area (TPSA) is 82.1 Å². The zero-order chi connectivity index (χ0) is 26.4. The molecule has 0 saturated carbocycles. The number of nitrogens with one attached hydrogen (secondary N) is 1. The maximum atomic E-state index is 13.8. The molecule has 1 aliphatic rings. The average molecular weight is 496 g/mol. The van der Waals surface area contributed by atoms with Gasteiger partial charge in [0.15, 0.2) is 0 Å². The maximum Gasteiger partial charge on any atom is 0.317 e. The molecule has 1 aliphatic heterocycles. The molecule has 0 unspecified atom stereocenters. The van der Waals surface area contributed by atoms with Crippen molar-refractivity contribution in [2.45, 2.75) is 59.4 Å². The molecule has 0 spiro atoms. The van der Waals surface area contributed by atoms with Gasteiger partial charge in [0, 0.05) is 37.7 Å². The first-order valence-corrected chi connectivity index (χ1v) is 12.9. The molecule has 2 aromatic carbocycles. The van der Waals surface area contributed by atoms with Crippen molar-refractivity contribution in [2.24, 2.45) is 11.8 Å². The lowest BCUT2D eigenvalue weighted by Gasteiger charge is -2.35. The van der Waals surface area contributed by atoms with Crippen molar-refractivity contribution < 1.29 is 19.4 Å². The van der Waals surface area contributed by atoms with Crippen molar-refractivity contribution in [3.8, 4) is 11.1 Å². The summed E-state index contributed by atoms with van der Waals surface area (Å²) in [6.45, 7) is 11.0. The van der Waals surface area contributed by atoms with Crippen molar-refractivity contribution in [3.05, 3.63) is 59.7 Å². The van der Waals surface area contributed by atoms with Gasteiger partial charge in [-0.1, -0.05) is 63.2 Å². The monoisotopic (exact) mass is 495 g/mol. The second kappa shape index (κ2) is 12.4. The highest BCUT2D eigenvalue weighted by molar-refractivity contribution is 6.01. The molecule has 3 amide bonds. The van der Waals surface area contributed by atoms with Crippen LogP contribution in [0.2, 0.25) is 0 Å². The molecule has 196 valence electrons. The summed E-state index contributed by atoms with van der Waals surface area (Å²) in [5.74, 6) is 0.122. The Morgan fingerprint density at radius 1 is 1.08 bits per heavy atom. The minimum absolute atomic E-state index is 0.0507. The lowest BCUT2D eigenvalue weighted by atomic mass is 9.94. The number of carbonyl (C=O) groups excluding carboxylic acids is 2. The first kappa shape index (κ1) is 27.7. The Bertz CT molecular complexity index is 1040. The smallest absolute Gasteiger partial charge is 0.317 e. The summed E-state index contributed by atoms with van der Waals surface area (Å²) in [6, 6.07) is 15.1. The molecule has 4 atom stereocenters. The van der Waals surface area contributed by atoms with Crippen molar-refractivity contribution in [3.63, 3.8) is 0 Å². The largest absolute Gasteiger partial charge is 0.394 e. The van der Waals surface area contributed by atoms with E-state index in [1.54, 1.807) is 16.8 Å². The van der Waals surface area contributed by atoms with Gasteiger partial charge in [0.2, 0.25) is 0 Å². The number of amides is 3. The predicted molar refractivity (Wildman–Crippen MR) is 143 cm³/mol. The first-order valence-electron chi connectivity index (χ1n) is 12.9. The number of rotatable bonds is 6. The summed E-state index contributed by atoms with van der Waals surface area (Å²) < 4.78 is 6.48. The standard InChI is InChI=1S/C29H41N3O4/c1-19(2)22(5)30-29(35)31(6)16-27-20(3)15-32(21(4)17-33)28(34)26-14-10-9-13-25(26)24-12-8-7-11-23(24)18-36-27/h7-14,19-22,27,33H,15-18H2,1-6H3,(H,30,35)/t20-,21+,22+,27+/m0/s1. The molecule has 0 radical (unpaired) electrons. The molecule has 1 heterocycles. The minimum atomic E-state index is -0.363. The van der Waals surface area contributed by atoms with E-state index in [4.69, 9.17) is 4.74 Å². The van der Waals surface area contributed by atoms with Gasteiger partial charge in [-0.05, 0) is 42.5 Å². The Morgan fingerprint density at radius 2 is 1.69 bits per heavy atom. The number of benzene rings is 2. The van der Waals surface area contributed by atoms with E-state index in [9.17, 15) is 14.7 Å². The van der Waals surface area contributed by atoms with Crippen LogP contribution in [0.15, 0.2) is 48.5 Å². The van der Waals surface area contributed by atoms with Crippen molar-refractivity contribution in [2.75, 3.05) is 26.7 Å². The van der Waals surface area contributed by atoms with Gasteiger partial charge in [-0.3, -0.25) is 4.79 Å². The van der Waals surface area contributed by atoms with E-state index < -0.39 is 0 Å². The SMILES string of the molecule is CC(C)[C@@H](C)NC(=O)N(C)C[C@H]1OCc2ccccc2-c2ccccc2C(=O)N([C@H](C)CO)C[C@@H]1C. The Hall–Kier alpha value is -2.90. The van der Waals surface area contributed by atoms with Gasteiger partial charge in [-0.15, -0.1) is 0 Å². The van der Waals surface area contributed by atoms with Crippen LogP contribution in [-0.4, -0.2) is 71.8 Å². The Labute approximate surface area is 215 Å². The summed E-state index contributed by atoms with van der Waals surface area (Å²) in [5.41, 5.74) is 3.39. The van der Waals surface area contributed by atoms with E-state index in [1.807, 2.05) is 69.3 Å².